The van der Waals surface area contributed by atoms with Crippen molar-refractivity contribution in [2.24, 2.45) is 0 Å². The van der Waals surface area contributed by atoms with Crippen LogP contribution in [0.2, 0.25) is 0 Å². The van der Waals surface area contributed by atoms with Gasteiger partial charge in [-0.2, -0.15) is 5.26 Å². The van der Waals surface area contributed by atoms with Gasteiger partial charge in [0.1, 0.15) is 0 Å². The van der Waals surface area contributed by atoms with Gasteiger partial charge in [-0.3, -0.25) is 0 Å². The first kappa shape index (κ1) is 8.19. The monoisotopic (exact) mass is 124 g/mol. The van der Waals surface area contributed by atoms with Crippen LogP contribution < -0.4 is 5.32 Å². The molecule has 0 bridgehead atoms. The van der Waals surface area contributed by atoms with Crippen molar-refractivity contribution in [3.05, 3.63) is 12.7 Å². The summed E-state index contributed by atoms with van der Waals surface area (Å²) in [7, 11) is 0. The summed E-state index contributed by atoms with van der Waals surface area (Å²) < 4.78 is 0. The molecule has 50 valence electrons. The highest BCUT2D eigenvalue weighted by atomic mass is 14.9. The Labute approximate surface area is 56.2 Å². The molecule has 2 heteroatoms. The molecule has 0 aromatic carbocycles. The van der Waals surface area contributed by atoms with Crippen molar-refractivity contribution in [1.82, 2.24) is 5.32 Å². The topological polar surface area (TPSA) is 35.8 Å². The van der Waals surface area contributed by atoms with Crippen LogP contribution in [0.3, 0.4) is 0 Å². The van der Waals surface area contributed by atoms with Gasteiger partial charge in [0.2, 0.25) is 0 Å². The zero-order valence-electron chi connectivity index (χ0n) is 5.56. The van der Waals surface area contributed by atoms with E-state index in [9.17, 15) is 0 Å². The van der Waals surface area contributed by atoms with Gasteiger partial charge in [0, 0.05) is 6.08 Å². The Balaban J connectivity index is 0.000000148. The Bertz CT molecular complexity index is 90.4. The summed E-state index contributed by atoms with van der Waals surface area (Å²) in [6, 6.07) is 1.69. The van der Waals surface area contributed by atoms with Crippen molar-refractivity contribution in [3.8, 4) is 6.07 Å². The fourth-order valence-corrected chi connectivity index (χ4v) is 0.625. The van der Waals surface area contributed by atoms with Crippen LogP contribution in [0.4, 0.5) is 0 Å². The number of rotatable bonds is 0. The minimum Gasteiger partial charge on any atom is -0.317 e. The van der Waals surface area contributed by atoms with Gasteiger partial charge in [0.15, 0.2) is 0 Å². The van der Waals surface area contributed by atoms with E-state index in [0.29, 0.717) is 0 Å². The highest BCUT2D eigenvalue weighted by molar-refractivity contribution is 4.93. The molecular weight excluding hydrogens is 112 g/mol. The molecule has 1 aliphatic heterocycles. The summed E-state index contributed by atoms with van der Waals surface area (Å²) >= 11 is 0. The van der Waals surface area contributed by atoms with Crippen LogP contribution in [0.25, 0.3) is 0 Å². The second-order valence-corrected chi connectivity index (χ2v) is 1.79. The Morgan fingerprint density at radius 1 is 1.44 bits per heavy atom. The largest absolute Gasteiger partial charge is 0.317 e. The highest BCUT2D eigenvalue weighted by Gasteiger charge is 1.93. The molecule has 0 atom stereocenters. The zero-order valence-corrected chi connectivity index (χ0v) is 5.56. The van der Waals surface area contributed by atoms with Gasteiger partial charge >= 0.3 is 0 Å². The van der Waals surface area contributed by atoms with E-state index in [1.165, 1.54) is 32.0 Å². The van der Waals surface area contributed by atoms with Gasteiger partial charge < -0.3 is 5.32 Å². The summed E-state index contributed by atoms with van der Waals surface area (Å²) in [5.74, 6) is 0. The molecule has 1 saturated heterocycles. The van der Waals surface area contributed by atoms with Crippen molar-refractivity contribution in [1.29, 1.82) is 5.26 Å². The summed E-state index contributed by atoms with van der Waals surface area (Å²) in [6.07, 6.45) is 3.96. The first-order chi connectivity index (χ1) is 4.41. The number of nitriles is 1. The SMILES string of the molecule is C1CCNC1.C=CC#N. The molecule has 0 saturated carbocycles. The van der Waals surface area contributed by atoms with E-state index in [1.54, 1.807) is 6.07 Å². The molecule has 0 unspecified atom stereocenters. The van der Waals surface area contributed by atoms with Crippen molar-refractivity contribution < 1.29 is 0 Å². The fourth-order valence-electron chi connectivity index (χ4n) is 0.625. The number of allylic oxidation sites excluding steroid dienone is 1. The van der Waals surface area contributed by atoms with E-state index in [1.807, 2.05) is 0 Å². The molecule has 0 aliphatic carbocycles. The molecule has 9 heavy (non-hydrogen) atoms. The standard InChI is InChI=1S/C4H9N.C3H3N/c1-2-4-5-3-1;1-2-3-4/h5H,1-4H2;2H,1H2. The van der Waals surface area contributed by atoms with Crippen LogP contribution in [-0.4, -0.2) is 13.1 Å². The molecule has 0 aromatic heterocycles. The van der Waals surface area contributed by atoms with Crippen LogP contribution >= 0.6 is 0 Å². The lowest BCUT2D eigenvalue weighted by molar-refractivity contribution is 0.857. The van der Waals surface area contributed by atoms with Crippen LogP contribution in [0.5, 0.6) is 0 Å². The van der Waals surface area contributed by atoms with E-state index in [4.69, 9.17) is 5.26 Å². The normalized spacial score (nSPS) is 15.0. The first-order valence-corrected chi connectivity index (χ1v) is 3.13. The first-order valence-electron chi connectivity index (χ1n) is 3.13. The maximum atomic E-state index is 7.51. The van der Waals surface area contributed by atoms with Gasteiger partial charge in [-0.1, -0.05) is 6.58 Å². The molecule has 1 aliphatic rings. The van der Waals surface area contributed by atoms with E-state index in [-0.39, 0.29) is 0 Å². The predicted octanol–water partition coefficient (Wildman–Crippen LogP) is 1.07. The van der Waals surface area contributed by atoms with Crippen LogP contribution in [-0.2, 0) is 0 Å². The average molecular weight is 124 g/mol. The Kier molecular flexibility index (Phi) is 6.54. The molecule has 1 N–H and O–H groups in total. The summed E-state index contributed by atoms with van der Waals surface area (Å²) in [4.78, 5) is 0. The third kappa shape index (κ3) is 7.19. The second-order valence-electron chi connectivity index (χ2n) is 1.79. The summed E-state index contributed by atoms with van der Waals surface area (Å²) in [6.45, 7) is 5.62. The Morgan fingerprint density at radius 2 is 1.89 bits per heavy atom. The third-order valence-electron chi connectivity index (χ3n) is 1.05. The second kappa shape index (κ2) is 7.19. The quantitative estimate of drug-likeness (QED) is 0.490. The average Bonchev–Trinajstić information content (AvgIpc) is 2.43. The number of hydrogen-bond donors (Lipinski definition) is 1. The van der Waals surface area contributed by atoms with Crippen molar-refractivity contribution in [3.63, 3.8) is 0 Å². The van der Waals surface area contributed by atoms with E-state index >= 15 is 0 Å². The third-order valence-corrected chi connectivity index (χ3v) is 1.05. The minimum atomic E-state index is 1.18. The van der Waals surface area contributed by atoms with E-state index < -0.39 is 0 Å². The van der Waals surface area contributed by atoms with E-state index in [0.717, 1.165) is 0 Å². The van der Waals surface area contributed by atoms with Crippen LogP contribution in [0.1, 0.15) is 12.8 Å². The van der Waals surface area contributed by atoms with Gasteiger partial charge in [0.25, 0.3) is 0 Å². The van der Waals surface area contributed by atoms with Gasteiger partial charge in [-0.05, 0) is 25.9 Å². The molecule has 1 heterocycles. The summed E-state index contributed by atoms with van der Waals surface area (Å²) in [5.41, 5.74) is 0. The number of nitrogens with zero attached hydrogens (tertiary/aromatic N) is 1. The van der Waals surface area contributed by atoms with Crippen LogP contribution in [0.15, 0.2) is 12.7 Å². The van der Waals surface area contributed by atoms with Crippen molar-refractivity contribution in [2.75, 3.05) is 13.1 Å². The van der Waals surface area contributed by atoms with E-state index in [2.05, 4.69) is 11.9 Å². The molecule has 0 aromatic rings. The predicted molar refractivity (Wildman–Crippen MR) is 37.9 cm³/mol. The number of hydrogen-bond acceptors (Lipinski definition) is 2. The Hall–Kier alpha value is -0.810. The molecule has 2 nitrogen and oxygen atoms in total. The molecular formula is C7H12N2. The Morgan fingerprint density at radius 3 is 2.00 bits per heavy atom. The summed E-state index contributed by atoms with van der Waals surface area (Å²) in [5, 5.41) is 10.7. The smallest absolute Gasteiger partial charge is 0.0905 e. The van der Waals surface area contributed by atoms with Crippen LogP contribution in [0, 0.1) is 11.3 Å². The molecule has 1 rings (SSSR count). The molecule has 1 fully saturated rings. The van der Waals surface area contributed by atoms with Gasteiger partial charge in [-0.15, -0.1) is 0 Å². The highest BCUT2D eigenvalue weighted by Crippen LogP contribution is 1.90. The van der Waals surface area contributed by atoms with Gasteiger partial charge in [-0.25, -0.2) is 0 Å². The lowest BCUT2D eigenvalue weighted by Crippen LogP contribution is -2.03. The minimum absolute atomic E-state index is 1.18. The zero-order chi connectivity index (χ0) is 6.95. The molecule has 0 spiro atoms. The van der Waals surface area contributed by atoms with Gasteiger partial charge in [0.05, 0.1) is 6.07 Å². The maximum Gasteiger partial charge on any atom is 0.0905 e. The lowest BCUT2D eigenvalue weighted by atomic mass is 10.4. The van der Waals surface area contributed by atoms with Crippen molar-refractivity contribution >= 4 is 0 Å². The molecule has 0 amide bonds. The fraction of sp³-hybridized carbons (Fsp3) is 0.571. The lowest BCUT2D eigenvalue weighted by Gasteiger charge is -1.76. The maximum absolute atomic E-state index is 7.51. The molecule has 0 radical (unpaired) electrons. The van der Waals surface area contributed by atoms with Crippen molar-refractivity contribution in [2.45, 2.75) is 12.8 Å². The number of nitrogens with one attached hydrogen (secondary N) is 1.